The zero-order chi connectivity index (χ0) is 9.68. The Kier molecular flexibility index (Phi) is 4.70. The van der Waals surface area contributed by atoms with E-state index in [-0.39, 0.29) is 0 Å². The van der Waals surface area contributed by atoms with E-state index in [2.05, 4.69) is 12.2 Å². The fraction of sp³-hybridized carbons (Fsp3) is 1.00. The van der Waals surface area contributed by atoms with Gasteiger partial charge < -0.3 is 16.2 Å². The molecule has 1 fully saturated rings. The van der Waals surface area contributed by atoms with Gasteiger partial charge in [0.25, 0.3) is 0 Å². The summed E-state index contributed by atoms with van der Waals surface area (Å²) >= 11 is 0. The minimum absolute atomic E-state index is 0.299. The molecule has 78 valence electrons. The Bertz CT molecular complexity index is 141. The Hall–Kier alpha value is -0.120. The summed E-state index contributed by atoms with van der Waals surface area (Å²) in [4.78, 5) is 0. The van der Waals surface area contributed by atoms with Crippen molar-refractivity contribution in [1.29, 1.82) is 0 Å². The first-order chi connectivity index (χ1) is 6.22. The van der Waals surface area contributed by atoms with E-state index in [1.54, 1.807) is 0 Å². The molecule has 1 rings (SSSR count). The normalized spacial score (nSPS) is 30.7. The Morgan fingerprint density at radius 2 is 2.31 bits per heavy atom. The molecule has 0 heterocycles. The highest BCUT2D eigenvalue weighted by Gasteiger charge is 2.21. The Morgan fingerprint density at radius 3 is 2.85 bits per heavy atom. The van der Waals surface area contributed by atoms with E-state index in [4.69, 9.17) is 10.8 Å². The quantitative estimate of drug-likeness (QED) is 0.585. The van der Waals surface area contributed by atoms with Crippen LogP contribution in [-0.2, 0) is 0 Å². The van der Waals surface area contributed by atoms with Crippen LogP contribution in [0.2, 0.25) is 0 Å². The molecule has 0 aromatic carbocycles. The van der Waals surface area contributed by atoms with Crippen molar-refractivity contribution in [2.45, 2.75) is 44.7 Å². The first-order valence-electron chi connectivity index (χ1n) is 5.32. The second-order valence-corrected chi connectivity index (χ2v) is 4.30. The number of rotatable bonds is 5. The first-order valence-corrected chi connectivity index (χ1v) is 5.32. The summed E-state index contributed by atoms with van der Waals surface area (Å²) in [7, 11) is 0. The highest BCUT2D eigenvalue weighted by Crippen LogP contribution is 2.17. The summed E-state index contributed by atoms with van der Waals surface area (Å²) in [6.07, 6.45) is 4.39. The van der Waals surface area contributed by atoms with Gasteiger partial charge in [0.1, 0.15) is 0 Å². The molecule has 0 saturated heterocycles. The molecular formula is C10H22N2O. The molecule has 0 aromatic heterocycles. The molecule has 0 radical (unpaired) electrons. The van der Waals surface area contributed by atoms with E-state index < -0.39 is 0 Å². The molecule has 0 bridgehead atoms. The van der Waals surface area contributed by atoms with Gasteiger partial charge in [-0.15, -0.1) is 0 Å². The zero-order valence-electron chi connectivity index (χ0n) is 8.50. The monoisotopic (exact) mass is 186 g/mol. The molecule has 1 saturated carbocycles. The lowest BCUT2D eigenvalue weighted by molar-refractivity contribution is 0.257. The summed E-state index contributed by atoms with van der Waals surface area (Å²) in [6.45, 7) is 3.48. The van der Waals surface area contributed by atoms with Gasteiger partial charge in [-0.05, 0) is 38.1 Å². The first kappa shape index (κ1) is 11.0. The van der Waals surface area contributed by atoms with E-state index in [0.717, 1.165) is 25.8 Å². The fourth-order valence-corrected chi connectivity index (χ4v) is 1.89. The summed E-state index contributed by atoms with van der Waals surface area (Å²) in [5.74, 6) is 0.571. The van der Waals surface area contributed by atoms with Crippen molar-refractivity contribution in [3.63, 3.8) is 0 Å². The predicted molar refractivity (Wildman–Crippen MR) is 54.5 cm³/mol. The van der Waals surface area contributed by atoms with Gasteiger partial charge in [0.15, 0.2) is 0 Å². The van der Waals surface area contributed by atoms with Crippen LogP contribution in [0.4, 0.5) is 0 Å². The summed E-state index contributed by atoms with van der Waals surface area (Å²) in [5.41, 5.74) is 5.81. The molecule has 0 aromatic rings. The van der Waals surface area contributed by atoms with Crippen LogP contribution in [-0.4, -0.2) is 30.3 Å². The highest BCUT2D eigenvalue weighted by molar-refractivity contribution is 4.82. The standard InChI is InChI=1S/C10H22N2O/c1-8(4-5-13)7-12-10-3-2-9(11)6-10/h8-10,12-13H,2-7,11H2,1H3. The lowest BCUT2D eigenvalue weighted by Gasteiger charge is -2.16. The lowest BCUT2D eigenvalue weighted by Crippen LogP contribution is -2.32. The van der Waals surface area contributed by atoms with Crippen molar-refractivity contribution in [2.24, 2.45) is 11.7 Å². The third-order valence-corrected chi connectivity index (χ3v) is 2.85. The van der Waals surface area contributed by atoms with Crippen molar-refractivity contribution in [3.8, 4) is 0 Å². The van der Waals surface area contributed by atoms with Crippen LogP contribution in [0.1, 0.15) is 32.6 Å². The van der Waals surface area contributed by atoms with E-state index in [0.29, 0.717) is 24.6 Å². The Balaban J connectivity index is 2.05. The molecular weight excluding hydrogens is 164 g/mol. The molecule has 1 aliphatic rings. The minimum Gasteiger partial charge on any atom is -0.396 e. The van der Waals surface area contributed by atoms with Gasteiger partial charge in [0.05, 0.1) is 0 Å². The zero-order valence-corrected chi connectivity index (χ0v) is 8.50. The van der Waals surface area contributed by atoms with Gasteiger partial charge in [-0.2, -0.15) is 0 Å². The molecule has 3 nitrogen and oxygen atoms in total. The van der Waals surface area contributed by atoms with Crippen LogP contribution in [0.25, 0.3) is 0 Å². The van der Waals surface area contributed by atoms with Gasteiger partial charge in [-0.3, -0.25) is 0 Å². The average molecular weight is 186 g/mol. The smallest absolute Gasteiger partial charge is 0.0434 e. The van der Waals surface area contributed by atoms with Gasteiger partial charge >= 0.3 is 0 Å². The molecule has 0 amide bonds. The molecule has 1 aliphatic carbocycles. The molecule has 3 unspecified atom stereocenters. The van der Waals surface area contributed by atoms with E-state index in [9.17, 15) is 0 Å². The molecule has 13 heavy (non-hydrogen) atoms. The van der Waals surface area contributed by atoms with Crippen LogP contribution in [0.3, 0.4) is 0 Å². The number of hydrogen-bond donors (Lipinski definition) is 3. The van der Waals surface area contributed by atoms with Crippen LogP contribution in [0.15, 0.2) is 0 Å². The van der Waals surface area contributed by atoms with Crippen molar-refractivity contribution < 1.29 is 5.11 Å². The number of nitrogens with one attached hydrogen (secondary N) is 1. The maximum Gasteiger partial charge on any atom is 0.0434 e. The average Bonchev–Trinajstić information content (AvgIpc) is 2.49. The number of aliphatic hydroxyl groups excluding tert-OH is 1. The van der Waals surface area contributed by atoms with Crippen molar-refractivity contribution in [1.82, 2.24) is 5.32 Å². The summed E-state index contributed by atoms with van der Waals surface area (Å²) in [6, 6.07) is 1.03. The molecule has 0 spiro atoms. The molecule has 0 aliphatic heterocycles. The maximum atomic E-state index is 8.72. The van der Waals surface area contributed by atoms with Crippen LogP contribution >= 0.6 is 0 Å². The highest BCUT2D eigenvalue weighted by atomic mass is 16.3. The number of nitrogens with two attached hydrogens (primary N) is 1. The van der Waals surface area contributed by atoms with E-state index in [1.165, 1.54) is 6.42 Å². The molecule has 3 atom stereocenters. The summed E-state index contributed by atoms with van der Waals surface area (Å²) < 4.78 is 0. The second kappa shape index (κ2) is 5.58. The van der Waals surface area contributed by atoms with Crippen LogP contribution < -0.4 is 11.1 Å². The number of hydrogen-bond acceptors (Lipinski definition) is 3. The van der Waals surface area contributed by atoms with Crippen molar-refractivity contribution in [2.75, 3.05) is 13.2 Å². The largest absolute Gasteiger partial charge is 0.396 e. The van der Waals surface area contributed by atoms with E-state index in [1.807, 2.05) is 0 Å². The lowest BCUT2D eigenvalue weighted by atomic mass is 10.1. The van der Waals surface area contributed by atoms with Crippen molar-refractivity contribution >= 4 is 0 Å². The number of aliphatic hydroxyl groups is 1. The van der Waals surface area contributed by atoms with Crippen molar-refractivity contribution in [3.05, 3.63) is 0 Å². The maximum absolute atomic E-state index is 8.72. The third kappa shape index (κ3) is 4.07. The molecule has 3 heteroatoms. The molecule has 4 N–H and O–H groups in total. The SMILES string of the molecule is CC(CCO)CNC1CCC(N)C1. The van der Waals surface area contributed by atoms with Gasteiger partial charge in [0.2, 0.25) is 0 Å². The topological polar surface area (TPSA) is 58.3 Å². The summed E-state index contributed by atoms with van der Waals surface area (Å²) in [5, 5.41) is 12.2. The van der Waals surface area contributed by atoms with Gasteiger partial charge in [0, 0.05) is 18.7 Å². The minimum atomic E-state index is 0.299. The van der Waals surface area contributed by atoms with Gasteiger partial charge in [-0.25, -0.2) is 0 Å². The van der Waals surface area contributed by atoms with E-state index >= 15 is 0 Å². The Morgan fingerprint density at radius 1 is 1.54 bits per heavy atom. The van der Waals surface area contributed by atoms with Crippen LogP contribution in [0, 0.1) is 5.92 Å². The van der Waals surface area contributed by atoms with Crippen LogP contribution in [0.5, 0.6) is 0 Å². The third-order valence-electron chi connectivity index (χ3n) is 2.85. The second-order valence-electron chi connectivity index (χ2n) is 4.30. The predicted octanol–water partition coefficient (Wildman–Crippen LogP) is 0.474. The fourth-order valence-electron chi connectivity index (χ4n) is 1.89. The Labute approximate surface area is 80.7 Å². The van der Waals surface area contributed by atoms with Gasteiger partial charge in [-0.1, -0.05) is 6.92 Å².